The SMILES string of the molecule is COC(=O)[C@@H](Cc1cc(=O)oc2cc(OC)ccc12)NC(=O)c1ccccn1. The number of hydrogen-bond donors (Lipinski definition) is 1. The molecule has 0 aliphatic carbocycles. The number of rotatable bonds is 6. The third kappa shape index (κ3) is 4.17. The Balaban J connectivity index is 1.94. The van der Waals surface area contributed by atoms with E-state index in [0.717, 1.165) is 0 Å². The largest absolute Gasteiger partial charge is 0.497 e. The summed E-state index contributed by atoms with van der Waals surface area (Å²) >= 11 is 0. The number of ether oxygens (including phenoxy) is 2. The zero-order valence-electron chi connectivity index (χ0n) is 15.3. The highest BCUT2D eigenvalue weighted by atomic mass is 16.5. The average molecular weight is 382 g/mol. The first-order chi connectivity index (χ1) is 13.5. The van der Waals surface area contributed by atoms with Gasteiger partial charge in [0.05, 0.1) is 14.2 Å². The zero-order chi connectivity index (χ0) is 20.1. The molecule has 144 valence electrons. The minimum absolute atomic E-state index is 0.0413. The number of amides is 1. The number of methoxy groups -OCH3 is 2. The molecule has 0 unspecified atom stereocenters. The fourth-order valence-electron chi connectivity index (χ4n) is 2.79. The Kier molecular flexibility index (Phi) is 5.69. The summed E-state index contributed by atoms with van der Waals surface area (Å²) in [5, 5.41) is 3.23. The molecule has 0 aliphatic heterocycles. The molecule has 3 rings (SSSR count). The number of carbonyl (C=O) groups is 2. The Labute approximate surface area is 160 Å². The number of nitrogens with one attached hydrogen (secondary N) is 1. The molecule has 28 heavy (non-hydrogen) atoms. The second-order valence-electron chi connectivity index (χ2n) is 5.92. The van der Waals surface area contributed by atoms with Gasteiger partial charge in [0, 0.05) is 30.1 Å². The van der Waals surface area contributed by atoms with Crippen molar-refractivity contribution in [3.05, 3.63) is 70.3 Å². The van der Waals surface area contributed by atoms with E-state index in [9.17, 15) is 14.4 Å². The van der Waals surface area contributed by atoms with Crippen molar-refractivity contribution in [3.63, 3.8) is 0 Å². The van der Waals surface area contributed by atoms with E-state index in [1.54, 1.807) is 30.3 Å². The zero-order valence-corrected chi connectivity index (χ0v) is 15.3. The first kappa shape index (κ1) is 19.1. The van der Waals surface area contributed by atoms with Gasteiger partial charge in [-0.05, 0) is 29.8 Å². The summed E-state index contributed by atoms with van der Waals surface area (Å²) in [5.74, 6) is -0.634. The van der Waals surface area contributed by atoms with Crippen LogP contribution in [-0.2, 0) is 16.0 Å². The second-order valence-corrected chi connectivity index (χ2v) is 5.92. The Bertz CT molecular complexity index is 1060. The normalized spacial score (nSPS) is 11.6. The van der Waals surface area contributed by atoms with Crippen molar-refractivity contribution < 1.29 is 23.5 Å². The van der Waals surface area contributed by atoms with Crippen LogP contribution in [0.2, 0.25) is 0 Å². The van der Waals surface area contributed by atoms with E-state index in [1.807, 2.05) is 0 Å². The summed E-state index contributed by atoms with van der Waals surface area (Å²) in [6.45, 7) is 0. The van der Waals surface area contributed by atoms with E-state index in [0.29, 0.717) is 22.3 Å². The van der Waals surface area contributed by atoms with E-state index in [2.05, 4.69) is 10.3 Å². The van der Waals surface area contributed by atoms with Gasteiger partial charge in [-0.2, -0.15) is 0 Å². The molecule has 0 spiro atoms. The van der Waals surface area contributed by atoms with Crippen molar-refractivity contribution in [2.75, 3.05) is 14.2 Å². The molecule has 1 N–H and O–H groups in total. The fourth-order valence-corrected chi connectivity index (χ4v) is 2.79. The molecule has 1 amide bonds. The van der Waals surface area contributed by atoms with Crippen molar-refractivity contribution >= 4 is 22.8 Å². The lowest BCUT2D eigenvalue weighted by atomic mass is 10.0. The van der Waals surface area contributed by atoms with Crippen LogP contribution in [0.1, 0.15) is 16.1 Å². The molecule has 1 aromatic carbocycles. The molecule has 0 bridgehead atoms. The van der Waals surface area contributed by atoms with Crippen molar-refractivity contribution in [1.29, 1.82) is 0 Å². The molecule has 3 aromatic rings. The Morgan fingerprint density at radius 3 is 2.68 bits per heavy atom. The minimum atomic E-state index is -1.01. The maximum atomic E-state index is 12.4. The number of hydrogen-bond acceptors (Lipinski definition) is 7. The number of esters is 1. The van der Waals surface area contributed by atoms with Crippen LogP contribution in [0.3, 0.4) is 0 Å². The van der Waals surface area contributed by atoms with E-state index in [-0.39, 0.29) is 12.1 Å². The summed E-state index contributed by atoms with van der Waals surface area (Å²) in [4.78, 5) is 40.5. The molecular weight excluding hydrogens is 364 g/mol. The summed E-state index contributed by atoms with van der Waals surface area (Å²) in [5.41, 5.74) is 0.445. The van der Waals surface area contributed by atoms with Crippen LogP contribution < -0.4 is 15.7 Å². The van der Waals surface area contributed by atoms with E-state index in [4.69, 9.17) is 13.9 Å². The molecule has 8 nitrogen and oxygen atoms in total. The Hall–Kier alpha value is -3.68. The molecule has 0 saturated carbocycles. The number of aromatic nitrogens is 1. The van der Waals surface area contributed by atoms with Gasteiger partial charge in [0.25, 0.3) is 5.91 Å². The van der Waals surface area contributed by atoms with Crippen LogP contribution in [-0.4, -0.2) is 37.1 Å². The van der Waals surface area contributed by atoms with Crippen molar-refractivity contribution in [1.82, 2.24) is 10.3 Å². The fraction of sp³-hybridized carbons (Fsp3) is 0.200. The van der Waals surface area contributed by atoms with Crippen LogP contribution in [0, 0.1) is 0 Å². The maximum absolute atomic E-state index is 12.4. The molecule has 0 aliphatic rings. The monoisotopic (exact) mass is 382 g/mol. The molecule has 2 heterocycles. The lowest BCUT2D eigenvalue weighted by Crippen LogP contribution is -2.43. The molecule has 0 fully saturated rings. The van der Waals surface area contributed by atoms with Gasteiger partial charge in [0.1, 0.15) is 23.1 Å². The van der Waals surface area contributed by atoms with E-state index in [1.165, 1.54) is 32.5 Å². The lowest BCUT2D eigenvalue weighted by molar-refractivity contribution is -0.142. The molecule has 2 aromatic heterocycles. The first-order valence-corrected chi connectivity index (χ1v) is 8.42. The van der Waals surface area contributed by atoms with E-state index < -0.39 is 23.5 Å². The Morgan fingerprint density at radius 2 is 2.00 bits per heavy atom. The van der Waals surface area contributed by atoms with Crippen LogP contribution in [0.5, 0.6) is 5.75 Å². The number of fused-ring (bicyclic) bond motifs is 1. The molecular formula is C20H18N2O6. The van der Waals surface area contributed by atoms with Gasteiger partial charge in [-0.3, -0.25) is 9.78 Å². The van der Waals surface area contributed by atoms with Crippen molar-refractivity contribution in [2.24, 2.45) is 0 Å². The number of nitrogens with zero attached hydrogens (tertiary/aromatic N) is 1. The number of pyridine rings is 1. The highest BCUT2D eigenvalue weighted by Crippen LogP contribution is 2.23. The summed E-state index contributed by atoms with van der Waals surface area (Å²) in [6, 6.07) is 10.2. The van der Waals surface area contributed by atoms with Gasteiger partial charge in [-0.25, -0.2) is 9.59 Å². The summed E-state index contributed by atoms with van der Waals surface area (Å²) < 4.78 is 15.2. The Morgan fingerprint density at radius 1 is 1.18 bits per heavy atom. The molecule has 0 radical (unpaired) electrons. The summed E-state index contributed by atoms with van der Waals surface area (Å²) in [7, 11) is 2.73. The lowest BCUT2D eigenvalue weighted by Gasteiger charge is -2.17. The predicted octanol–water partition coefficient (Wildman–Crippen LogP) is 1.71. The minimum Gasteiger partial charge on any atom is -0.497 e. The third-order valence-electron chi connectivity index (χ3n) is 4.15. The van der Waals surface area contributed by atoms with Gasteiger partial charge >= 0.3 is 11.6 Å². The van der Waals surface area contributed by atoms with Gasteiger partial charge in [0.2, 0.25) is 0 Å². The number of carbonyl (C=O) groups excluding carboxylic acids is 2. The maximum Gasteiger partial charge on any atom is 0.336 e. The highest BCUT2D eigenvalue weighted by molar-refractivity contribution is 5.95. The molecule has 1 atom stereocenters. The predicted molar refractivity (Wildman–Crippen MR) is 100 cm³/mol. The van der Waals surface area contributed by atoms with Crippen LogP contribution in [0.15, 0.2) is 57.9 Å². The smallest absolute Gasteiger partial charge is 0.336 e. The van der Waals surface area contributed by atoms with Crippen LogP contribution in [0.4, 0.5) is 0 Å². The topological polar surface area (TPSA) is 108 Å². The standard InChI is InChI=1S/C20H18N2O6/c1-26-13-6-7-14-12(10-18(23)28-17(14)11-13)9-16(20(25)27-2)22-19(24)15-5-3-4-8-21-15/h3-8,10-11,16H,9H2,1-2H3,(H,22,24)/t16-/m1/s1. The third-order valence-corrected chi connectivity index (χ3v) is 4.15. The first-order valence-electron chi connectivity index (χ1n) is 8.42. The average Bonchev–Trinajstić information content (AvgIpc) is 2.72. The quantitative estimate of drug-likeness (QED) is 0.511. The van der Waals surface area contributed by atoms with Crippen LogP contribution in [0.25, 0.3) is 11.0 Å². The van der Waals surface area contributed by atoms with Gasteiger partial charge < -0.3 is 19.2 Å². The van der Waals surface area contributed by atoms with E-state index >= 15 is 0 Å². The number of benzene rings is 1. The van der Waals surface area contributed by atoms with Gasteiger partial charge in [-0.15, -0.1) is 0 Å². The van der Waals surface area contributed by atoms with Crippen molar-refractivity contribution in [3.8, 4) is 5.75 Å². The highest BCUT2D eigenvalue weighted by Gasteiger charge is 2.24. The van der Waals surface area contributed by atoms with Crippen LogP contribution >= 0.6 is 0 Å². The van der Waals surface area contributed by atoms with Crippen molar-refractivity contribution in [2.45, 2.75) is 12.5 Å². The van der Waals surface area contributed by atoms with Gasteiger partial charge in [0.15, 0.2) is 0 Å². The molecule has 0 saturated heterocycles. The summed E-state index contributed by atoms with van der Waals surface area (Å²) in [6.07, 6.45) is 1.52. The molecule has 8 heteroatoms. The second kappa shape index (κ2) is 8.34. The van der Waals surface area contributed by atoms with Gasteiger partial charge in [-0.1, -0.05) is 6.07 Å².